The molecule has 0 aliphatic heterocycles. The molecule has 1 unspecified atom stereocenters. The van der Waals surface area contributed by atoms with E-state index in [9.17, 15) is 14.4 Å². The van der Waals surface area contributed by atoms with E-state index in [1.54, 1.807) is 0 Å². The van der Waals surface area contributed by atoms with Crippen molar-refractivity contribution >= 4 is 17.9 Å². The maximum Gasteiger partial charge on any atom is 0.306 e. The summed E-state index contributed by atoms with van der Waals surface area (Å²) in [5.41, 5.74) is 0. The van der Waals surface area contributed by atoms with Crippen molar-refractivity contribution in [3.05, 3.63) is 0 Å². The zero-order valence-electron chi connectivity index (χ0n) is 41.8. The first kappa shape index (κ1) is 59.4. The Kier molecular flexibility index (Phi) is 46.6. The number of carbonyl (C=O) groups is 3. The van der Waals surface area contributed by atoms with Crippen molar-refractivity contribution in [1.82, 2.24) is 0 Å². The van der Waals surface area contributed by atoms with Crippen LogP contribution in [0, 0.1) is 11.8 Å². The zero-order valence-corrected chi connectivity index (χ0v) is 41.8. The highest BCUT2D eigenvalue weighted by atomic mass is 16.6. The van der Waals surface area contributed by atoms with Crippen molar-refractivity contribution in [3.8, 4) is 0 Å². The summed E-state index contributed by atoms with van der Waals surface area (Å²) in [4.78, 5) is 38.0. The van der Waals surface area contributed by atoms with E-state index in [4.69, 9.17) is 14.2 Å². The molecule has 2 atom stereocenters. The van der Waals surface area contributed by atoms with E-state index in [0.29, 0.717) is 19.3 Å². The molecule has 0 bridgehead atoms. The fraction of sp³-hybridized carbons (Fsp3) is 0.945. The normalized spacial score (nSPS) is 12.5. The summed E-state index contributed by atoms with van der Waals surface area (Å²) in [5, 5.41) is 0. The number of hydrogen-bond acceptors (Lipinski definition) is 6. The first-order chi connectivity index (χ1) is 29.8. The quantitative estimate of drug-likeness (QED) is 0.0344. The molecular formula is C55H106O6. The smallest absolute Gasteiger partial charge is 0.306 e. The van der Waals surface area contributed by atoms with E-state index >= 15 is 0 Å². The maximum absolute atomic E-state index is 12.8. The molecule has 0 saturated carbocycles. The Morgan fingerprint density at radius 2 is 0.623 bits per heavy atom. The Balaban J connectivity index is 4.30. The Labute approximate surface area is 380 Å². The van der Waals surface area contributed by atoms with E-state index in [1.165, 1.54) is 193 Å². The second-order valence-electron chi connectivity index (χ2n) is 19.6. The average Bonchev–Trinajstić information content (AvgIpc) is 3.24. The molecule has 0 aromatic heterocycles. The Morgan fingerprint density at radius 1 is 0.344 bits per heavy atom. The van der Waals surface area contributed by atoms with E-state index in [0.717, 1.165) is 69.6 Å². The molecule has 0 heterocycles. The molecule has 0 N–H and O–H groups in total. The molecule has 0 aliphatic carbocycles. The molecule has 0 spiro atoms. The van der Waals surface area contributed by atoms with E-state index < -0.39 is 6.10 Å². The highest BCUT2D eigenvalue weighted by molar-refractivity contribution is 5.71. The SMILES string of the molecule is CCCCCCCCCCCCCCCCCCCCC(=O)O[C@@H](COC(=O)CCCCCCCCCCCCC(C)C)COC(=O)CCCCCCCCCCC(C)CC. The summed E-state index contributed by atoms with van der Waals surface area (Å²) < 4.78 is 16.8. The molecule has 0 aromatic carbocycles. The summed E-state index contributed by atoms with van der Waals surface area (Å²) >= 11 is 0. The van der Waals surface area contributed by atoms with Crippen molar-refractivity contribution in [3.63, 3.8) is 0 Å². The minimum absolute atomic E-state index is 0.0640. The molecule has 6 heteroatoms. The van der Waals surface area contributed by atoms with Gasteiger partial charge in [0, 0.05) is 19.3 Å². The first-order valence-corrected chi connectivity index (χ1v) is 27.3. The molecule has 6 nitrogen and oxygen atoms in total. The van der Waals surface area contributed by atoms with E-state index in [2.05, 4.69) is 34.6 Å². The van der Waals surface area contributed by atoms with Gasteiger partial charge in [-0.15, -0.1) is 0 Å². The zero-order chi connectivity index (χ0) is 44.7. The van der Waals surface area contributed by atoms with Crippen LogP contribution in [-0.2, 0) is 28.6 Å². The van der Waals surface area contributed by atoms with Crippen molar-refractivity contribution in [2.45, 2.75) is 310 Å². The predicted octanol–water partition coefficient (Wildman–Crippen LogP) is 17.7. The molecule has 0 aliphatic rings. The highest BCUT2D eigenvalue weighted by Gasteiger charge is 2.19. The molecule has 61 heavy (non-hydrogen) atoms. The molecule has 0 radical (unpaired) electrons. The monoisotopic (exact) mass is 863 g/mol. The third-order valence-corrected chi connectivity index (χ3v) is 12.8. The highest BCUT2D eigenvalue weighted by Crippen LogP contribution is 2.18. The van der Waals surface area contributed by atoms with Gasteiger partial charge in [0.25, 0.3) is 0 Å². The van der Waals surface area contributed by atoms with Crippen LogP contribution in [0.4, 0.5) is 0 Å². The van der Waals surface area contributed by atoms with Gasteiger partial charge in [-0.1, -0.05) is 266 Å². The maximum atomic E-state index is 12.8. The molecule has 0 saturated heterocycles. The van der Waals surface area contributed by atoms with Gasteiger partial charge < -0.3 is 14.2 Å². The van der Waals surface area contributed by atoms with E-state index in [-0.39, 0.29) is 31.1 Å². The second-order valence-corrected chi connectivity index (χ2v) is 19.6. The first-order valence-electron chi connectivity index (χ1n) is 27.3. The summed E-state index contributed by atoms with van der Waals surface area (Å²) in [6, 6.07) is 0. The lowest BCUT2D eigenvalue weighted by atomic mass is 9.99. The van der Waals surface area contributed by atoms with Crippen LogP contribution in [0.2, 0.25) is 0 Å². The fourth-order valence-corrected chi connectivity index (χ4v) is 8.31. The number of hydrogen-bond donors (Lipinski definition) is 0. The fourth-order valence-electron chi connectivity index (χ4n) is 8.31. The third-order valence-electron chi connectivity index (χ3n) is 12.8. The molecule has 0 fully saturated rings. The average molecular weight is 863 g/mol. The largest absolute Gasteiger partial charge is 0.462 e. The lowest BCUT2D eigenvalue weighted by molar-refractivity contribution is -0.167. The van der Waals surface area contributed by atoms with Crippen LogP contribution in [0.1, 0.15) is 304 Å². The number of ether oxygens (including phenoxy) is 3. The Hall–Kier alpha value is -1.59. The second kappa shape index (κ2) is 47.9. The van der Waals surface area contributed by atoms with Crippen molar-refractivity contribution in [1.29, 1.82) is 0 Å². The van der Waals surface area contributed by atoms with Crippen LogP contribution in [-0.4, -0.2) is 37.2 Å². The molecule has 0 amide bonds. The van der Waals surface area contributed by atoms with Gasteiger partial charge in [-0.25, -0.2) is 0 Å². The lowest BCUT2D eigenvalue weighted by Gasteiger charge is -2.18. The molecule has 362 valence electrons. The Bertz CT molecular complexity index is 933. The van der Waals surface area contributed by atoms with Gasteiger partial charge in [0.1, 0.15) is 13.2 Å². The Morgan fingerprint density at radius 3 is 0.934 bits per heavy atom. The summed E-state index contributed by atoms with van der Waals surface area (Å²) in [7, 11) is 0. The third kappa shape index (κ3) is 47.7. The minimum atomic E-state index is -0.762. The summed E-state index contributed by atoms with van der Waals surface area (Å²) in [5.74, 6) is 0.819. The van der Waals surface area contributed by atoms with Crippen LogP contribution in [0.25, 0.3) is 0 Å². The van der Waals surface area contributed by atoms with Gasteiger partial charge in [-0.2, -0.15) is 0 Å². The molecular weight excluding hydrogens is 757 g/mol. The van der Waals surface area contributed by atoms with Gasteiger partial charge >= 0.3 is 17.9 Å². The topological polar surface area (TPSA) is 78.9 Å². The van der Waals surface area contributed by atoms with Gasteiger partial charge in [-0.3, -0.25) is 14.4 Å². The number of carbonyl (C=O) groups excluding carboxylic acids is 3. The van der Waals surface area contributed by atoms with Crippen LogP contribution in [0.15, 0.2) is 0 Å². The standard InChI is InChI=1S/C55H106O6/c1-6-8-9-10-11-12-13-14-15-16-17-18-19-20-25-32-37-42-47-55(58)61-52(49-60-54(57)46-41-36-31-27-26-29-34-39-44-51(5)7-2)48-59-53(56)45-40-35-30-24-22-21-23-28-33-38-43-50(3)4/h50-52H,6-49H2,1-5H3/t51?,52-/m0/s1. The van der Waals surface area contributed by atoms with E-state index in [1.807, 2.05) is 0 Å². The van der Waals surface area contributed by atoms with Crippen molar-refractivity contribution < 1.29 is 28.6 Å². The molecule has 0 rings (SSSR count). The summed E-state index contributed by atoms with van der Waals surface area (Å²) in [6.07, 6.45) is 49.5. The van der Waals surface area contributed by atoms with Crippen molar-refractivity contribution in [2.24, 2.45) is 11.8 Å². The predicted molar refractivity (Wildman–Crippen MR) is 261 cm³/mol. The molecule has 0 aromatic rings. The lowest BCUT2D eigenvalue weighted by Crippen LogP contribution is -2.30. The van der Waals surface area contributed by atoms with Crippen molar-refractivity contribution in [2.75, 3.05) is 13.2 Å². The van der Waals surface area contributed by atoms with Gasteiger partial charge in [0.2, 0.25) is 0 Å². The minimum Gasteiger partial charge on any atom is -0.462 e. The summed E-state index contributed by atoms with van der Waals surface area (Å²) in [6.45, 7) is 11.4. The van der Waals surface area contributed by atoms with Crippen LogP contribution in [0.5, 0.6) is 0 Å². The number of rotatable bonds is 49. The van der Waals surface area contributed by atoms with Gasteiger partial charge in [-0.05, 0) is 31.1 Å². The van der Waals surface area contributed by atoms with Gasteiger partial charge in [0.15, 0.2) is 6.10 Å². The van der Waals surface area contributed by atoms with Crippen LogP contribution < -0.4 is 0 Å². The van der Waals surface area contributed by atoms with Gasteiger partial charge in [0.05, 0.1) is 0 Å². The number of esters is 3. The van der Waals surface area contributed by atoms with Crippen LogP contribution in [0.3, 0.4) is 0 Å². The van der Waals surface area contributed by atoms with Crippen LogP contribution >= 0.6 is 0 Å². The number of unbranched alkanes of at least 4 members (excludes halogenated alkanes) is 33.